The number of alkyl halides is 2. The van der Waals surface area contributed by atoms with E-state index < -0.39 is 43.3 Å². The topological polar surface area (TPSA) is 91.0 Å². The predicted octanol–water partition coefficient (Wildman–Crippen LogP) is 2.47. The molecule has 0 saturated carbocycles. The number of likely N-dealkylation sites (tertiary alicyclic amines) is 1. The zero-order valence-corrected chi connectivity index (χ0v) is 16.6. The van der Waals surface area contributed by atoms with Gasteiger partial charge in [-0.15, -0.1) is 0 Å². The van der Waals surface area contributed by atoms with Crippen LogP contribution in [0.3, 0.4) is 0 Å². The van der Waals surface area contributed by atoms with Crippen LogP contribution in [0.2, 0.25) is 0 Å². The highest BCUT2D eigenvalue weighted by Crippen LogP contribution is 2.31. The molecule has 0 aliphatic carbocycles. The van der Waals surface area contributed by atoms with Crippen molar-refractivity contribution in [2.24, 2.45) is 7.05 Å². The summed E-state index contributed by atoms with van der Waals surface area (Å²) in [5.41, 5.74) is 2.66. The van der Waals surface area contributed by atoms with Crippen LogP contribution in [0.5, 0.6) is 0 Å². The van der Waals surface area contributed by atoms with Crippen LogP contribution in [0, 0.1) is 11.3 Å². The highest BCUT2D eigenvalue weighted by atomic mass is 19.3. The average molecular weight is 413 g/mol. The number of nitrogens with one attached hydrogen (secondary N) is 1. The maximum absolute atomic E-state index is 13.5. The first-order valence-electron chi connectivity index (χ1n) is 9.30. The maximum atomic E-state index is 13.5. The number of carbonyl (C=O) groups excluding carboxylic acids is 2. The molecular formula is C21H21F2N5O2. The summed E-state index contributed by atoms with van der Waals surface area (Å²) in [6.45, 7) is 0.547. The van der Waals surface area contributed by atoms with Crippen molar-refractivity contribution in [3.63, 3.8) is 0 Å². The number of hydrogen-bond acceptors (Lipinski definition) is 4. The SMILES string of the molecule is C/C(=C\c1ccn(C)c1)c1cnccc1C(=O)NCC(=O)N1CC(F)(F)C[C@H]1C#N. The minimum Gasteiger partial charge on any atom is -0.357 e. The number of pyridine rings is 1. The van der Waals surface area contributed by atoms with E-state index in [1.807, 2.05) is 43.1 Å². The molecule has 156 valence electrons. The number of nitrogens with zero attached hydrogens (tertiary/aromatic N) is 4. The normalized spacial score (nSPS) is 18.2. The number of aryl methyl sites for hydroxylation is 1. The first-order valence-corrected chi connectivity index (χ1v) is 9.30. The summed E-state index contributed by atoms with van der Waals surface area (Å²) >= 11 is 0. The number of aromatic nitrogens is 2. The van der Waals surface area contributed by atoms with E-state index in [9.17, 15) is 18.4 Å². The van der Waals surface area contributed by atoms with Crippen LogP contribution >= 0.6 is 0 Å². The van der Waals surface area contributed by atoms with Crippen molar-refractivity contribution in [2.75, 3.05) is 13.1 Å². The van der Waals surface area contributed by atoms with Crippen molar-refractivity contribution in [2.45, 2.75) is 25.3 Å². The number of hydrogen-bond donors (Lipinski definition) is 1. The van der Waals surface area contributed by atoms with Crippen molar-refractivity contribution >= 4 is 23.5 Å². The molecule has 2 aromatic heterocycles. The van der Waals surface area contributed by atoms with Gasteiger partial charge in [0.15, 0.2) is 0 Å². The van der Waals surface area contributed by atoms with E-state index >= 15 is 0 Å². The Kier molecular flexibility index (Phi) is 5.96. The lowest BCUT2D eigenvalue weighted by atomic mass is 10.0. The van der Waals surface area contributed by atoms with Crippen LogP contribution in [0.25, 0.3) is 11.6 Å². The molecule has 0 unspecified atom stereocenters. The average Bonchev–Trinajstić information content (AvgIpc) is 3.27. The van der Waals surface area contributed by atoms with Crippen LogP contribution in [0.1, 0.15) is 34.8 Å². The molecule has 0 bridgehead atoms. The first-order chi connectivity index (χ1) is 14.2. The van der Waals surface area contributed by atoms with E-state index in [0.29, 0.717) is 11.1 Å². The van der Waals surface area contributed by atoms with E-state index in [1.165, 1.54) is 12.3 Å². The second-order valence-corrected chi connectivity index (χ2v) is 7.27. The Labute approximate surface area is 172 Å². The molecule has 3 heterocycles. The zero-order valence-electron chi connectivity index (χ0n) is 16.6. The largest absolute Gasteiger partial charge is 0.357 e. The first kappa shape index (κ1) is 21.2. The molecule has 0 radical (unpaired) electrons. The molecule has 1 saturated heterocycles. The lowest BCUT2D eigenvalue weighted by molar-refractivity contribution is -0.131. The second kappa shape index (κ2) is 8.45. The van der Waals surface area contributed by atoms with Crippen molar-refractivity contribution in [1.29, 1.82) is 5.26 Å². The Morgan fingerprint density at radius 2 is 2.17 bits per heavy atom. The molecule has 3 rings (SSSR count). The fourth-order valence-electron chi connectivity index (χ4n) is 3.39. The third kappa shape index (κ3) is 4.71. The molecule has 30 heavy (non-hydrogen) atoms. The van der Waals surface area contributed by atoms with E-state index in [4.69, 9.17) is 5.26 Å². The summed E-state index contributed by atoms with van der Waals surface area (Å²) in [4.78, 5) is 29.9. The second-order valence-electron chi connectivity index (χ2n) is 7.27. The summed E-state index contributed by atoms with van der Waals surface area (Å²) in [7, 11) is 1.90. The molecule has 1 aliphatic rings. The van der Waals surface area contributed by atoms with Crippen LogP contribution in [0.4, 0.5) is 8.78 Å². The van der Waals surface area contributed by atoms with E-state index in [2.05, 4.69) is 10.3 Å². The van der Waals surface area contributed by atoms with Crippen LogP contribution in [-0.4, -0.2) is 51.3 Å². The molecule has 2 aromatic rings. The predicted molar refractivity (Wildman–Crippen MR) is 106 cm³/mol. The van der Waals surface area contributed by atoms with Crippen molar-refractivity contribution in [1.82, 2.24) is 19.8 Å². The van der Waals surface area contributed by atoms with Gasteiger partial charge < -0.3 is 14.8 Å². The molecule has 1 fully saturated rings. The van der Waals surface area contributed by atoms with Gasteiger partial charge >= 0.3 is 0 Å². The smallest absolute Gasteiger partial charge is 0.268 e. The molecule has 9 heteroatoms. The van der Waals surface area contributed by atoms with Gasteiger partial charge in [-0.2, -0.15) is 5.26 Å². The summed E-state index contributed by atoms with van der Waals surface area (Å²) in [5, 5.41) is 11.5. The van der Waals surface area contributed by atoms with Crippen LogP contribution < -0.4 is 5.32 Å². The van der Waals surface area contributed by atoms with E-state index in [-0.39, 0.29) is 0 Å². The Hall–Kier alpha value is -3.54. The molecule has 0 spiro atoms. The van der Waals surface area contributed by atoms with Gasteiger partial charge in [-0.25, -0.2) is 8.78 Å². The van der Waals surface area contributed by atoms with Gasteiger partial charge in [-0.3, -0.25) is 14.6 Å². The monoisotopic (exact) mass is 413 g/mol. The fourth-order valence-corrected chi connectivity index (χ4v) is 3.39. The van der Waals surface area contributed by atoms with E-state index in [1.54, 1.807) is 12.3 Å². The lowest BCUT2D eigenvalue weighted by Crippen LogP contribution is -2.43. The summed E-state index contributed by atoms with van der Waals surface area (Å²) < 4.78 is 29.0. The van der Waals surface area contributed by atoms with Gasteiger partial charge in [-0.05, 0) is 36.3 Å². The van der Waals surface area contributed by atoms with Gasteiger partial charge in [0.05, 0.1) is 19.2 Å². The van der Waals surface area contributed by atoms with Gasteiger partial charge in [0, 0.05) is 49.4 Å². The Morgan fingerprint density at radius 3 is 2.83 bits per heavy atom. The quantitative estimate of drug-likeness (QED) is 0.815. The molecule has 0 aromatic carbocycles. The van der Waals surface area contributed by atoms with Crippen molar-refractivity contribution in [3.8, 4) is 6.07 Å². The number of halogens is 2. The number of carbonyl (C=O) groups is 2. The summed E-state index contributed by atoms with van der Waals surface area (Å²) in [6.07, 6.45) is 8.05. The molecule has 1 atom stereocenters. The van der Waals surface area contributed by atoms with Crippen molar-refractivity contribution in [3.05, 3.63) is 53.6 Å². The van der Waals surface area contributed by atoms with Crippen LogP contribution in [-0.2, 0) is 11.8 Å². The molecule has 1 aliphatic heterocycles. The minimum absolute atomic E-state index is 0.311. The fraction of sp³-hybridized carbons (Fsp3) is 0.333. The highest BCUT2D eigenvalue weighted by molar-refractivity contribution is 6.01. The molecule has 7 nitrogen and oxygen atoms in total. The number of nitriles is 1. The van der Waals surface area contributed by atoms with Gasteiger partial charge in [0.1, 0.15) is 6.04 Å². The molecule has 2 amide bonds. The Balaban J connectivity index is 1.71. The van der Waals surface area contributed by atoms with E-state index in [0.717, 1.165) is 16.0 Å². The van der Waals surface area contributed by atoms with Gasteiger partial charge in [0.25, 0.3) is 11.8 Å². The van der Waals surface area contributed by atoms with Crippen molar-refractivity contribution < 1.29 is 18.4 Å². The lowest BCUT2D eigenvalue weighted by Gasteiger charge is -2.19. The van der Waals surface area contributed by atoms with Crippen LogP contribution in [0.15, 0.2) is 36.9 Å². The highest BCUT2D eigenvalue weighted by Gasteiger charge is 2.47. The number of allylic oxidation sites excluding steroid dienone is 1. The third-order valence-corrected chi connectivity index (χ3v) is 4.87. The Bertz CT molecular complexity index is 1040. The summed E-state index contributed by atoms with van der Waals surface area (Å²) in [5.74, 6) is -4.35. The Morgan fingerprint density at radius 1 is 1.40 bits per heavy atom. The molecule has 1 N–H and O–H groups in total. The third-order valence-electron chi connectivity index (χ3n) is 4.87. The maximum Gasteiger partial charge on any atom is 0.268 e. The number of rotatable bonds is 5. The van der Waals surface area contributed by atoms with Gasteiger partial charge in [0.2, 0.25) is 5.91 Å². The zero-order chi connectivity index (χ0) is 21.9. The minimum atomic E-state index is -3.10. The number of amides is 2. The van der Waals surface area contributed by atoms with Gasteiger partial charge in [-0.1, -0.05) is 0 Å². The molecular weight excluding hydrogens is 392 g/mol. The standard InChI is InChI=1S/C21H21F2N5O2/c1-14(7-15-4-6-27(2)12-15)18-10-25-5-3-17(18)20(30)26-11-19(29)28-13-21(22,23)8-16(28)9-24/h3-7,10,12,16H,8,11,13H2,1-2H3,(H,26,30)/b14-7+/t16-/m0/s1. The summed E-state index contributed by atoms with van der Waals surface area (Å²) in [6, 6.07) is 3.97.